The normalized spacial score (nSPS) is 10.2. The number of aryl methyl sites for hydroxylation is 2. The number of amides is 1. The number of hydrogen-bond acceptors (Lipinski definition) is 4. The molecule has 0 spiro atoms. The van der Waals surface area contributed by atoms with Crippen molar-refractivity contribution < 1.29 is 19.0 Å². The van der Waals surface area contributed by atoms with Gasteiger partial charge in [0, 0.05) is 0 Å². The molecule has 0 bridgehead atoms. The SMILES string of the molecule is COc1cccc(C(=O)NCCOc2cc(C)cc(C)c2)c1OC. The number of nitrogens with one attached hydrogen (secondary N) is 1. The summed E-state index contributed by atoms with van der Waals surface area (Å²) in [5.41, 5.74) is 2.73. The Kier molecular flexibility index (Phi) is 6.07. The van der Waals surface area contributed by atoms with Crippen LogP contribution in [-0.2, 0) is 0 Å². The zero-order valence-electron chi connectivity index (χ0n) is 14.5. The minimum Gasteiger partial charge on any atom is -0.493 e. The van der Waals surface area contributed by atoms with E-state index in [2.05, 4.69) is 11.4 Å². The van der Waals surface area contributed by atoms with Gasteiger partial charge < -0.3 is 19.5 Å². The molecule has 0 aromatic heterocycles. The van der Waals surface area contributed by atoms with Gasteiger partial charge in [-0.3, -0.25) is 4.79 Å². The first-order chi connectivity index (χ1) is 11.5. The van der Waals surface area contributed by atoms with Crippen LogP contribution in [0.5, 0.6) is 17.2 Å². The molecule has 2 rings (SSSR count). The van der Waals surface area contributed by atoms with E-state index >= 15 is 0 Å². The number of benzene rings is 2. The molecule has 2 aromatic rings. The first-order valence-electron chi connectivity index (χ1n) is 7.75. The molecule has 0 fully saturated rings. The van der Waals surface area contributed by atoms with Crippen LogP contribution in [-0.4, -0.2) is 33.3 Å². The van der Waals surface area contributed by atoms with Gasteiger partial charge in [0.15, 0.2) is 11.5 Å². The van der Waals surface area contributed by atoms with Crippen LogP contribution in [0.4, 0.5) is 0 Å². The summed E-state index contributed by atoms with van der Waals surface area (Å²) in [6.07, 6.45) is 0. The zero-order valence-corrected chi connectivity index (χ0v) is 14.5. The van der Waals surface area contributed by atoms with Crippen molar-refractivity contribution in [3.05, 3.63) is 53.1 Å². The third-order valence-electron chi connectivity index (χ3n) is 3.50. The first-order valence-corrected chi connectivity index (χ1v) is 7.75. The van der Waals surface area contributed by atoms with E-state index in [4.69, 9.17) is 14.2 Å². The van der Waals surface area contributed by atoms with Crippen LogP contribution >= 0.6 is 0 Å². The van der Waals surface area contributed by atoms with Gasteiger partial charge in [-0.2, -0.15) is 0 Å². The maximum atomic E-state index is 12.3. The van der Waals surface area contributed by atoms with Gasteiger partial charge in [0.25, 0.3) is 5.91 Å². The van der Waals surface area contributed by atoms with Crippen LogP contribution in [0.2, 0.25) is 0 Å². The van der Waals surface area contributed by atoms with Crippen molar-refractivity contribution in [3.63, 3.8) is 0 Å². The lowest BCUT2D eigenvalue weighted by atomic mass is 10.1. The van der Waals surface area contributed by atoms with Gasteiger partial charge in [0.2, 0.25) is 0 Å². The minimum atomic E-state index is -0.227. The molecule has 0 unspecified atom stereocenters. The van der Waals surface area contributed by atoms with Crippen LogP contribution < -0.4 is 19.5 Å². The van der Waals surface area contributed by atoms with Crippen molar-refractivity contribution in [2.75, 3.05) is 27.4 Å². The molecule has 0 aliphatic heterocycles. The Hall–Kier alpha value is -2.69. The number of hydrogen-bond donors (Lipinski definition) is 1. The standard InChI is InChI=1S/C19H23NO4/c1-13-10-14(2)12-15(11-13)24-9-8-20-19(21)16-6-5-7-17(22-3)18(16)23-4/h5-7,10-12H,8-9H2,1-4H3,(H,20,21). The number of para-hydroxylation sites is 1. The molecule has 24 heavy (non-hydrogen) atoms. The average Bonchev–Trinajstić information content (AvgIpc) is 2.56. The summed E-state index contributed by atoms with van der Waals surface area (Å²) in [5.74, 6) is 1.53. The molecule has 0 saturated heterocycles. The molecule has 1 amide bonds. The maximum Gasteiger partial charge on any atom is 0.255 e. The number of ether oxygens (including phenoxy) is 3. The van der Waals surface area contributed by atoms with Gasteiger partial charge in [0.05, 0.1) is 26.3 Å². The predicted octanol–water partition coefficient (Wildman–Crippen LogP) is 3.13. The summed E-state index contributed by atoms with van der Waals surface area (Å²) in [6.45, 7) is 4.83. The average molecular weight is 329 g/mol. The Morgan fingerprint density at radius 2 is 1.75 bits per heavy atom. The summed E-state index contributed by atoms with van der Waals surface area (Å²) >= 11 is 0. The Morgan fingerprint density at radius 1 is 1.04 bits per heavy atom. The van der Waals surface area contributed by atoms with E-state index in [1.54, 1.807) is 18.2 Å². The van der Waals surface area contributed by atoms with Crippen LogP contribution in [0.25, 0.3) is 0 Å². The Labute approximate surface area is 142 Å². The van der Waals surface area contributed by atoms with Crippen molar-refractivity contribution in [1.29, 1.82) is 0 Å². The van der Waals surface area contributed by atoms with E-state index < -0.39 is 0 Å². The molecule has 0 aliphatic rings. The summed E-state index contributed by atoms with van der Waals surface area (Å²) in [7, 11) is 3.05. The summed E-state index contributed by atoms with van der Waals surface area (Å²) in [6, 6.07) is 11.2. The van der Waals surface area contributed by atoms with Gasteiger partial charge >= 0.3 is 0 Å². The third-order valence-corrected chi connectivity index (χ3v) is 3.50. The lowest BCUT2D eigenvalue weighted by Crippen LogP contribution is -2.28. The monoisotopic (exact) mass is 329 g/mol. The number of rotatable bonds is 7. The van der Waals surface area contributed by atoms with Crippen molar-refractivity contribution >= 4 is 5.91 Å². The van der Waals surface area contributed by atoms with Crippen molar-refractivity contribution in [3.8, 4) is 17.2 Å². The molecule has 0 radical (unpaired) electrons. The number of methoxy groups -OCH3 is 2. The summed E-state index contributed by atoms with van der Waals surface area (Å²) in [4.78, 5) is 12.3. The Bertz CT molecular complexity index is 692. The number of carbonyl (C=O) groups is 1. The van der Waals surface area contributed by atoms with Gasteiger partial charge in [-0.1, -0.05) is 12.1 Å². The fourth-order valence-electron chi connectivity index (χ4n) is 2.51. The molecule has 128 valence electrons. The van der Waals surface area contributed by atoms with Crippen molar-refractivity contribution in [1.82, 2.24) is 5.32 Å². The smallest absolute Gasteiger partial charge is 0.255 e. The van der Waals surface area contributed by atoms with Crippen molar-refractivity contribution in [2.24, 2.45) is 0 Å². The van der Waals surface area contributed by atoms with E-state index in [1.165, 1.54) is 14.2 Å². The topological polar surface area (TPSA) is 56.8 Å². The molecule has 0 heterocycles. The van der Waals surface area contributed by atoms with Crippen LogP contribution in [0.3, 0.4) is 0 Å². The first kappa shape index (κ1) is 17.7. The van der Waals surface area contributed by atoms with E-state index in [0.29, 0.717) is 30.2 Å². The number of carbonyl (C=O) groups excluding carboxylic acids is 1. The largest absolute Gasteiger partial charge is 0.493 e. The summed E-state index contributed by atoms with van der Waals surface area (Å²) in [5, 5.41) is 2.82. The van der Waals surface area contributed by atoms with Gasteiger partial charge in [-0.15, -0.1) is 0 Å². The molecule has 2 aromatic carbocycles. The van der Waals surface area contributed by atoms with E-state index in [1.807, 2.05) is 26.0 Å². The molecule has 0 saturated carbocycles. The minimum absolute atomic E-state index is 0.227. The highest BCUT2D eigenvalue weighted by Gasteiger charge is 2.15. The highest BCUT2D eigenvalue weighted by atomic mass is 16.5. The lowest BCUT2D eigenvalue weighted by molar-refractivity contribution is 0.0943. The van der Waals surface area contributed by atoms with Gasteiger partial charge in [0.1, 0.15) is 12.4 Å². The van der Waals surface area contributed by atoms with Gasteiger partial charge in [-0.25, -0.2) is 0 Å². The zero-order chi connectivity index (χ0) is 17.5. The van der Waals surface area contributed by atoms with Crippen molar-refractivity contribution in [2.45, 2.75) is 13.8 Å². The maximum absolute atomic E-state index is 12.3. The van der Waals surface area contributed by atoms with Crippen LogP contribution in [0.1, 0.15) is 21.5 Å². The molecule has 1 N–H and O–H groups in total. The Balaban J connectivity index is 1.92. The fraction of sp³-hybridized carbons (Fsp3) is 0.316. The lowest BCUT2D eigenvalue weighted by Gasteiger charge is -2.13. The van der Waals surface area contributed by atoms with Crippen LogP contribution in [0.15, 0.2) is 36.4 Å². The van der Waals surface area contributed by atoms with E-state index in [9.17, 15) is 4.79 Å². The molecule has 5 heteroatoms. The fourth-order valence-corrected chi connectivity index (χ4v) is 2.51. The second kappa shape index (κ2) is 8.24. The predicted molar refractivity (Wildman–Crippen MR) is 93.3 cm³/mol. The highest BCUT2D eigenvalue weighted by molar-refractivity contribution is 5.97. The Morgan fingerprint density at radius 3 is 2.38 bits per heavy atom. The third kappa shape index (κ3) is 4.41. The van der Waals surface area contributed by atoms with E-state index in [-0.39, 0.29) is 5.91 Å². The summed E-state index contributed by atoms with van der Waals surface area (Å²) < 4.78 is 16.2. The van der Waals surface area contributed by atoms with Gasteiger partial charge in [-0.05, 0) is 49.2 Å². The molecular formula is C19H23NO4. The quantitative estimate of drug-likeness (QED) is 0.793. The second-order valence-corrected chi connectivity index (χ2v) is 5.47. The second-order valence-electron chi connectivity index (χ2n) is 5.47. The molecule has 0 aliphatic carbocycles. The van der Waals surface area contributed by atoms with Crippen LogP contribution in [0, 0.1) is 13.8 Å². The highest BCUT2D eigenvalue weighted by Crippen LogP contribution is 2.30. The molecule has 5 nitrogen and oxygen atoms in total. The van der Waals surface area contributed by atoms with E-state index in [0.717, 1.165) is 16.9 Å². The molecular weight excluding hydrogens is 306 g/mol. The molecule has 0 atom stereocenters.